The average molecular weight is 505 g/mol. The molecule has 0 radical (unpaired) electrons. The molecule has 1 fully saturated rings. The smallest absolute Gasteiger partial charge is 0.338 e. The van der Waals surface area contributed by atoms with Crippen LogP contribution in [-0.4, -0.2) is 55.0 Å². The first-order valence-corrected chi connectivity index (χ1v) is 12.2. The molecular formula is C30H32O7. The van der Waals surface area contributed by atoms with Gasteiger partial charge in [0.1, 0.15) is 18.3 Å². The Bertz CT molecular complexity index is 1090. The first-order valence-electron chi connectivity index (χ1n) is 12.2. The van der Waals surface area contributed by atoms with Crippen LogP contribution in [0.2, 0.25) is 0 Å². The van der Waals surface area contributed by atoms with Gasteiger partial charge in [-0.1, -0.05) is 84.9 Å². The van der Waals surface area contributed by atoms with Gasteiger partial charge >= 0.3 is 5.97 Å². The number of aliphatic hydroxyl groups is 1. The van der Waals surface area contributed by atoms with Gasteiger partial charge in [-0.3, -0.25) is 0 Å². The lowest BCUT2D eigenvalue weighted by Gasteiger charge is -2.44. The van der Waals surface area contributed by atoms with E-state index >= 15 is 0 Å². The van der Waals surface area contributed by atoms with Crippen LogP contribution in [0, 0.1) is 0 Å². The Kier molecular flexibility index (Phi) is 9.99. The fourth-order valence-electron chi connectivity index (χ4n) is 4.11. The van der Waals surface area contributed by atoms with Crippen LogP contribution in [0.3, 0.4) is 0 Å². The van der Waals surface area contributed by atoms with E-state index in [0.717, 1.165) is 11.1 Å². The van der Waals surface area contributed by atoms with Gasteiger partial charge in [-0.15, -0.1) is 6.58 Å². The fourth-order valence-corrected chi connectivity index (χ4v) is 4.11. The van der Waals surface area contributed by atoms with E-state index in [-0.39, 0.29) is 26.4 Å². The third-order valence-electron chi connectivity index (χ3n) is 5.95. The number of carbonyl (C=O) groups is 1. The van der Waals surface area contributed by atoms with Gasteiger partial charge in [0.2, 0.25) is 0 Å². The van der Waals surface area contributed by atoms with Gasteiger partial charge in [-0.25, -0.2) is 4.79 Å². The van der Waals surface area contributed by atoms with Crippen LogP contribution in [0.15, 0.2) is 104 Å². The van der Waals surface area contributed by atoms with Crippen molar-refractivity contribution in [2.24, 2.45) is 0 Å². The van der Waals surface area contributed by atoms with Gasteiger partial charge in [0.25, 0.3) is 0 Å². The minimum atomic E-state index is -1.33. The predicted octanol–water partition coefficient (Wildman–Crippen LogP) is 4.30. The molecule has 0 aliphatic carbocycles. The van der Waals surface area contributed by atoms with Crippen LogP contribution in [0.5, 0.6) is 0 Å². The van der Waals surface area contributed by atoms with Gasteiger partial charge < -0.3 is 28.8 Å². The maximum atomic E-state index is 13.1. The molecule has 194 valence electrons. The van der Waals surface area contributed by atoms with Crippen LogP contribution >= 0.6 is 0 Å². The summed E-state index contributed by atoms with van der Waals surface area (Å²) in [5.74, 6) is -0.533. The maximum Gasteiger partial charge on any atom is 0.338 e. The van der Waals surface area contributed by atoms with E-state index in [0.29, 0.717) is 5.56 Å². The van der Waals surface area contributed by atoms with Gasteiger partial charge in [-0.2, -0.15) is 0 Å². The Morgan fingerprint density at radius 1 is 0.811 bits per heavy atom. The largest absolute Gasteiger partial charge is 0.453 e. The second-order valence-corrected chi connectivity index (χ2v) is 8.65. The van der Waals surface area contributed by atoms with Crippen LogP contribution in [0.25, 0.3) is 0 Å². The van der Waals surface area contributed by atoms with E-state index in [1.165, 1.54) is 0 Å². The first-order chi connectivity index (χ1) is 18.2. The molecular weight excluding hydrogens is 472 g/mol. The van der Waals surface area contributed by atoms with Crippen molar-refractivity contribution in [2.75, 3.05) is 13.2 Å². The molecule has 5 atom stereocenters. The molecule has 37 heavy (non-hydrogen) atoms. The van der Waals surface area contributed by atoms with E-state index in [9.17, 15) is 9.90 Å². The minimum Gasteiger partial charge on any atom is -0.453 e. The summed E-state index contributed by atoms with van der Waals surface area (Å²) in [5, 5.41) is 11.0. The highest BCUT2D eigenvalue weighted by Crippen LogP contribution is 2.30. The average Bonchev–Trinajstić information content (AvgIpc) is 2.94. The van der Waals surface area contributed by atoms with E-state index < -0.39 is 36.7 Å². The molecule has 0 unspecified atom stereocenters. The molecule has 1 aliphatic heterocycles. The number of benzene rings is 3. The molecule has 7 nitrogen and oxygen atoms in total. The second-order valence-electron chi connectivity index (χ2n) is 8.65. The first kappa shape index (κ1) is 26.7. The molecule has 1 N–H and O–H groups in total. The van der Waals surface area contributed by atoms with Crippen molar-refractivity contribution in [2.45, 2.75) is 43.9 Å². The Labute approximate surface area is 217 Å². The van der Waals surface area contributed by atoms with E-state index in [1.807, 2.05) is 66.7 Å². The topological polar surface area (TPSA) is 83.5 Å². The summed E-state index contributed by atoms with van der Waals surface area (Å²) in [6.45, 7) is 4.44. The SMILES string of the molecule is C=CCOC[C@H]1O[C@H](O)[C@H](OCc2ccccc2)[C@@H](OCc2ccccc2)[C@@H]1OC(=O)c1ccccc1. The summed E-state index contributed by atoms with van der Waals surface area (Å²) in [6, 6.07) is 27.9. The summed E-state index contributed by atoms with van der Waals surface area (Å²) in [4.78, 5) is 13.1. The molecule has 0 aromatic heterocycles. The fraction of sp³-hybridized carbons (Fsp3) is 0.300. The summed E-state index contributed by atoms with van der Waals surface area (Å²) < 4.78 is 29.9. The lowest BCUT2D eigenvalue weighted by molar-refractivity contribution is -0.307. The molecule has 0 spiro atoms. The molecule has 1 aliphatic rings. The number of rotatable bonds is 12. The normalized spacial score (nSPS) is 23.3. The highest BCUT2D eigenvalue weighted by molar-refractivity contribution is 5.89. The standard InChI is InChI=1S/C30H32O7/c1-2-18-33-21-25-26(37-29(31)24-16-10-5-11-17-24)27(34-19-22-12-6-3-7-13-22)28(30(32)36-25)35-20-23-14-8-4-9-15-23/h2-17,25-28,30,32H,1,18-21H2/t25-,26-,27+,28-,30+/m1/s1. The highest BCUT2D eigenvalue weighted by Gasteiger charge is 2.49. The zero-order valence-corrected chi connectivity index (χ0v) is 20.6. The quantitative estimate of drug-likeness (QED) is 0.224. The Balaban J connectivity index is 1.60. The number of aliphatic hydroxyl groups excluding tert-OH is 1. The maximum absolute atomic E-state index is 13.1. The third-order valence-corrected chi connectivity index (χ3v) is 5.95. The molecule has 1 heterocycles. The highest BCUT2D eigenvalue weighted by atomic mass is 16.7. The van der Waals surface area contributed by atoms with Gasteiger partial charge in [0.15, 0.2) is 12.4 Å². The van der Waals surface area contributed by atoms with Crippen LogP contribution in [0.1, 0.15) is 21.5 Å². The summed E-state index contributed by atoms with van der Waals surface area (Å²) in [5.41, 5.74) is 2.24. The summed E-state index contributed by atoms with van der Waals surface area (Å²) in [6.07, 6.45) is -3.18. The van der Waals surface area contributed by atoms with Gasteiger partial charge in [0, 0.05) is 0 Å². The molecule has 7 heteroatoms. The Hall–Kier alpha value is -3.33. The van der Waals surface area contributed by atoms with Crippen molar-refractivity contribution in [3.05, 3.63) is 120 Å². The van der Waals surface area contributed by atoms with Crippen molar-refractivity contribution in [1.82, 2.24) is 0 Å². The van der Waals surface area contributed by atoms with Crippen molar-refractivity contribution in [3.63, 3.8) is 0 Å². The molecule has 4 rings (SSSR count). The minimum absolute atomic E-state index is 0.0619. The molecule has 3 aromatic carbocycles. The number of hydrogen-bond donors (Lipinski definition) is 1. The number of hydrogen-bond acceptors (Lipinski definition) is 7. The second kappa shape index (κ2) is 13.8. The zero-order valence-electron chi connectivity index (χ0n) is 20.6. The summed E-state index contributed by atoms with van der Waals surface area (Å²) in [7, 11) is 0. The molecule has 0 saturated carbocycles. The summed E-state index contributed by atoms with van der Waals surface area (Å²) >= 11 is 0. The lowest BCUT2D eigenvalue weighted by atomic mass is 9.98. The van der Waals surface area contributed by atoms with E-state index in [4.69, 9.17) is 23.7 Å². The monoisotopic (exact) mass is 504 g/mol. The van der Waals surface area contributed by atoms with Crippen LogP contribution < -0.4 is 0 Å². The van der Waals surface area contributed by atoms with Gasteiger partial charge in [-0.05, 0) is 23.3 Å². The third kappa shape index (κ3) is 7.58. The van der Waals surface area contributed by atoms with Crippen molar-refractivity contribution in [3.8, 4) is 0 Å². The number of esters is 1. The van der Waals surface area contributed by atoms with Crippen LogP contribution in [0.4, 0.5) is 0 Å². The molecule has 1 saturated heterocycles. The van der Waals surface area contributed by atoms with Crippen molar-refractivity contribution >= 4 is 5.97 Å². The van der Waals surface area contributed by atoms with E-state index in [1.54, 1.807) is 30.3 Å². The van der Waals surface area contributed by atoms with Crippen molar-refractivity contribution in [1.29, 1.82) is 0 Å². The number of carbonyl (C=O) groups excluding carboxylic acids is 1. The van der Waals surface area contributed by atoms with Crippen molar-refractivity contribution < 1.29 is 33.6 Å². The van der Waals surface area contributed by atoms with E-state index in [2.05, 4.69) is 6.58 Å². The Morgan fingerprint density at radius 3 is 1.92 bits per heavy atom. The van der Waals surface area contributed by atoms with Gasteiger partial charge in [0.05, 0.1) is 32.0 Å². The Morgan fingerprint density at radius 2 is 1.35 bits per heavy atom. The molecule has 0 bridgehead atoms. The predicted molar refractivity (Wildman–Crippen MR) is 138 cm³/mol. The molecule has 0 amide bonds. The zero-order chi connectivity index (χ0) is 25.9. The van der Waals surface area contributed by atoms with Crippen LogP contribution in [-0.2, 0) is 36.9 Å². The number of ether oxygens (including phenoxy) is 5. The lowest BCUT2D eigenvalue weighted by Crippen LogP contribution is -2.61. The molecule has 3 aromatic rings.